The third-order valence-electron chi connectivity index (χ3n) is 3.46. The maximum absolute atomic E-state index is 14.1. The van der Waals surface area contributed by atoms with Crippen LogP contribution >= 0.6 is 0 Å². The van der Waals surface area contributed by atoms with Gasteiger partial charge in [-0.15, -0.1) is 0 Å². The quantitative estimate of drug-likeness (QED) is 0.836. The monoisotopic (exact) mass is 251 g/mol. The van der Waals surface area contributed by atoms with E-state index >= 15 is 0 Å². The van der Waals surface area contributed by atoms with Gasteiger partial charge in [0.1, 0.15) is 5.82 Å². The molecule has 0 amide bonds. The molecule has 0 aromatic heterocycles. The number of hydrogen-bond acceptors (Lipinski definition) is 2. The van der Waals surface area contributed by atoms with E-state index in [1.807, 2.05) is 6.07 Å². The van der Waals surface area contributed by atoms with Crippen LogP contribution in [-0.2, 0) is 0 Å². The van der Waals surface area contributed by atoms with E-state index in [-0.39, 0.29) is 5.82 Å². The van der Waals surface area contributed by atoms with Crippen LogP contribution in [0.5, 0.6) is 0 Å². The Labute approximate surface area is 108 Å². The Hall–Kier alpha value is -1.09. The second kappa shape index (κ2) is 5.70. The van der Waals surface area contributed by atoms with E-state index in [0.29, 0.717) is 11.3 Å². The summed E-state index contributed by atoms with van der Waals surface area (Å²) >= 11 is 0. The Balaban J connectivity index is 2.17. The third kappa shape index (κ3) is 3.22. The molecule has 3 heteroatoms. The van der Waals surface area contributed by atoms with Crippen molar-refractivity contribution in [3.8, 4) is 0 Å². The van der Waals surface area contributed by atoms with E-state index in [2.05, 4.69) is 11.8 Å². The predicted molar refractivity (Wildman–Crippen MR) is 72.3 cm³/mol. The van der Waals surface area contributed by atoms with Gasteiger partial charge in [0.25, 0.3) is 0 Å². The SMILES string of the molecule is CCCN(CC1CC1)c1ccc(C(C)O)cc1F. The molecule has 0 saturated heterocycles. The maximum atomic E-state index is 14.1. The highest BCUT2D eigenvalue weighted by Gasteiger charge is 2.25. The molecule has 100 valence electrons. The fourth-order valence-electron chi connectivity index (χ4n) is 2.23. The fraction of sp³-hybridized carbons (Fsp3) is 0.600. The van der Waals surface area contributed by atoms with Gasteiger partial charge in [-0.1, -0.05) is 13.0 Å². The summed E-state index contributed by atoms with van der Waals surface area (Å²) in [4.78, 5) is 2.14. The summed E-state index contributed by atoms with van der Waals surface area (Å²) < 4.78 is 14.1. The molecule has 0 aliphatic heterocycles. The smallest absolute Gasteiger partial charge is 0.146 e. The summed E-state index contributed by atoms with van der Waals surface area (Å²) in [6.07, 6.45) is 2.95. The fourth-order valence-corrected chi connectivity index (χ4v) is 2.23. The molecule has 1 aromatic rings. The molecule has 1 fully saturated rings. The topological polar surface area (TPSA) is 23.5 Å². The molecule has 1 saturated carbocycles. The number of benzene rings is 1. The first-order chi connectivity index (χ1) is 8.61. The first-order valence-electron chi connectivity index (χ1n) is 6.84. The molecule has 1 N–H and O–H groups in total. The zero-order valence-corrected chi connectivity index (χ0v) is 11.2. The van der Waals surface area contributed by atoms with Crippen LogP contribution in [0.1, 0.15) is 44.8 Å². The maximum Gasteiger partial charge on any atom is 0.146 e. The zero-order chi connectivity index (χ0) is 13.1. The summed E-state index contributed by atoms with van der Waals surface area (Å²) in [6, 6.07) is 5.07. The first kappa shape index (κ1) is 13.3. The zero-order valence-electron chi connectivity index (χ0n) is 11.2. The number of aliphatic hydroxyl groups excluding tert-OH is 1. The van der Waals surface area contributed by atoms with E-state index in [1.54, 1.807) is 13.0 Å². The van der Waals surface area contributed by atoms with Crippen LogP contribution in [0.25, 0.3) is 0 Å². The average molecular weight is 251 g/mol. The minimum absolute atomic E-state index is 0.220. The van der Waals surface area contributed by atoms with Gasteiger partial charge in [-0.05, 0) is 49.8 Å². The van der Waals surface area contributed by atoms with Gasteiger partial charge < -0.3 is 10.0 Å². The molecular weight excluding hydrogens is 229 g/mol. The lowest BCUT2D eigenvalue weighted by molar-refractivity contribution is 0.199. The normalized spacial score (nSPS) is 16.7. The molecule has 0 spiro atoms. The Morgan fingerprint density at radius 3 is 2.67 bits per heavy atom. The average Bonchev–Trinajstić information content (AvgIpc) is 3.12. The molecule has 1 atom stereocenters. The first-order valence-corrected chi connectivity index (χ1v) is 6.84. The van der Waals surface area contributed by atoms with Crippen LogP contribution in [0.3, 0.4) is 0 Å². The van der Waals surface area contributed by atoms with Crippen molar-refractivity contribution in [1.29, 1.82) is 0 Å². The molecule has 0 radical (unpaired) electrons. The lowest BCUT2D eigenvalue weighted by Crippen LogP contribution is -2.27. The molecule has 1 aromatic carbocycles. The number of aliphatic hydroxyl groups is 1. The van der Waals surface area contributed by atoms with Crippen LogP contribution in [0, 0.1) is 11.7 Å². The lowest BCUT2D eigenvalue weighted by atomic mass is 10.1. The van der Waals surface area contributed by atoms with Crippen LogP contribution < -0.4 is 4.90 Å². The number of rotatable bonds is 6. The van der Waals surface area contributed by atoms with Crippen molar-refractivity contribution < 1.29 is 9.50 Å². The lowest BCUT2D eigenvalue weighted by Gasteiger charge is -2.25. The molecule has 1 unspecified atom stereocenters. The van der Waals surface area contributed by atoms with Gasteiger partial charge in [-0.3, -0.25) is 0 Å². The molecule has 1 aliphatic rings. The van der Waals surface area contributed by atoms with Gasteiger partial charge in [0.15, 0.2) is 0 Å². The molecular formula is C15H22FNO. The van der Waals surface area contributed by atoms with E-state index in [9.17, 15) is 9.50 Å². The van der Waals surface area contributed by atoms with E-state index < -0.39 is 6.10 Å². The second-order valence-corrected chi connectivity index (χ2v) is 5.28. The van der Waals surface area contributed by atoms with Gasteiger partial charge in [0.05, 0.1) is 11.8 Å². The van der Waals surface area contributed by atoms with E-state index in [1.165, 1.54) is 18.9 Å². The highest BCUT2D eigenvalue weighted by molar-refractivity contribution is 5.49. The molecule has 1 aliphatic carbocycles. The molecule has 2 nitrogen and oxygen atoms in total. The van der Waals surface area contributed by atoms with Crippen LogP contribution in [0.2, 0.25) is 0 Å². The van der Waals surface area contributed by atoms with Crippen molar-refractivity contribution >= 4 is 5.69 Å². The minimum atomic E-state index is -0.614. The van der Waals surface area contributed by atoms with Crippen LogP contribution in [-0.4, -0.2) is 18.2 Å². The minimum Gasteiger partial charge on any atom is -0.389 e. The Morgan fingerprint density at radius 2 is 2.17 bits per heavy atom. The highest BCUT2D eigenvalue weighted by atomic mass is 19.1. The van der Waals surface area contributed by atoms with Crippen molar-refractivity contribution in [2.24, 2.45) is 5.92 Å². The summed E-state index contributed by atoms with van der Waals surface area (Å²) in [7, 11) is 0. The molecule has 0 bridgehead atoms. The standard InChI is InChI=1S/C15H22FNO/c1-3-8-17(10-12-4-5-12)15-7-6-13(11(2)18)9-14(15)16/h6-7,9,11-12,18H,3-5,8,10H2,1-2H3. The largest absolute Gasteiger partial charge is 0.389 e. The van der Waals surface area contributed by atoms with Gasteiger partial charge in [0, 0.05) is 13.1 Å². The van der Waals surface area contributed by atoms with E-state index in [4.69, 9.17) is 0 Å². The van der Waals surface area contributed by atoms with Crippen LogP contribution in [0.15, 0.2) is 18.2 Å². The van der Waals surface area contributed by atoms with Crippen molar-refractivity contribution in [3.05, 3.63) is 29.6 Å². The Morgan fingerprint density at radius 1 is 1.44 bits per heavy atom. The summed E-state index contributed by atoms with van der Waals surface area (Å²) in [5.41, 5.74) is 1.31. The predicted octanol–water partition coefficient (Wildman–Crippen LogP) is 3.51. The van der Waals surface area contributed by atoms with Gasteiger partial charge >= 0.3 is 0 Å². The van der Waals surface area contributed by atoms with Crippen molar-refractivity contribution in [3.63, 3.8) is 0 Å². The number of nitrogens with zero attached hydrogens (tertiary/aromatic N) is 1. The van der Waals surface area contributed by atoms with Gasteiger partial charge in [0.2, 0.25) is 0 Å². The Bertz CT molecular complexity index is 401. The van der Waals surface area contributed by atoms with Crippen molar-refractivity contribution in [2.45, 2.75) is 39.2 Å². The van der Waals surface area contributed by atoms with E-state index in [0.717, 1.165) is 25.4 Å². The number of hydrogen-bond donors (Lipinski definition) is 1. The highest BCUT2D eigenvalue weighted by Crippen LogP contribution is 2.32. The number of halogens is 1. The van der Waals surface area contributed by atoms with Crippen LogP contribution in [0.4, 0.5) is 10.1 Å². The second-order valence-electron chi connectivity index (χ2n) is 5.28. The molecule has 0 heterocycles. The molecule has 2 rings (SSSR count). The van der Waals surface area contributed by atoms with Gasteiger partial charge in [-0.2, -0.15) is 0 Å². The summed E-state index contributed by atoms with van der Waals surface area (Å²) in [5, 5.41) is 9.46. The summed E-state index contributed by atoms with van der Waals surface area (Å²) in [5.74, 6) is 0.523. The van der Waals surface area contributed by atoms with Gasteiger partial charge in [-0.25, -0.2) is 4.39 Å². The molecule has 18 heavy (non-hydrogen) atoms. The number of anilines is 1. The third-order valence-corrected chi connectivity index (χ3v) is 3.46. The van der Waals surface area contributed by atoms with Crippen molar-refractivity contribution in [1.82, 2.24) is 0 Å². The van der Waals surface area contributed by atoms with Crippen molar-refractivity contribution in [2.75, 3.05) is 18.0 Å². The summed E-state index contributed by atoms with van der Waals surface area (Å²) in [6.45, 7) is 5.62. The Kier molecular flexibility index (Phi) is 4.23.